The zero-order valence-electron chi connectivity index (χ0n) is 13.7. The molecule has 0 bridgehead atoms. The summed E-state index contributed by atoms with van der Waals surface area (Å²) in [7, 11) is -3.15. The van der Waals surface area contributed by atoms with Crippen LogP contribution >= 0.6 is 0 Å². The van der Waals surface area contributed by atoms with E-state index in [4.69, 9.17) is 0 Å². The molecule has 126 valence electrons. The first-order valence-electron chi connectivity index (χ1n) is 8.23. The van der Waals surface area contributed by atoms with E-state index in [1.165, 1.54) is 16.1 Å². The summed E-state index contributed by atoms with van der Waals surface area (Å²) >= 11 is 0. The van der Waals surface area contributed by atoms with Crippen molar-refractivity contribution in [1.82, 2.24) is 4.31 Å². The standard InChI is InChI=1S/C17H24N2O3S/c1-13-7-12-19(16-6-4-3-5-15(13)16)17(20)14-8-10-18(11-9-14)23(2,21)22/h3-6,13-14H,7-12H2,1-2H3/t13-/m0/s1. The molecule has 3 rings (SSSR count). The zero-order valence-corrected chi connectivity index (χ0v) is 14.6. The van der Waals surface area contributed by atoms with Gasteiger partial charge in [0, 0.05) is 31.2 Å². The van der Waals surface area contributed by atoms with Crippen LogP contribution in [0.5, 0.6) is 0 Å². The lowest BCUT2D eigenvalue weighted by Gasteiger charge is -2.37. The highest BCUT2D eigenvalue weighted by atomic mass is 32.2. The lowest BCUT2D eigenvalue weighted by atomic mass is 9.89. The molecule has 0 radical (unpaired) electrons. The van der Waals surface area contributed by atoms with Crippen LogP contribution in [0.25, 0.3) is 0 Å². The van der Waals surface area contributed by atoms with Crippen LogP contribution < -0.4 is 4.90 Å². The van der Waals surface area contributed by atoms with Gasteiger partial charge in [-0.25, -0.2) is 12.7 Å². The van der Waals surface area contributed by atoms with Gasteiger partial charge in [0.2, 0.25) is 15.9 Å². The molecule has 5 nitrogen and oxygen atoms in total. The number of amides is 1. The molecule has 1 fully saturated rings. The second-order valence-electron chi connectivity index (χ2n) is 6.67. The molecule has 2 heterocycles. The van der Waals surface area contributed by atoms with Crippen molar-refractivity contribution in [3.63, 3.8) is 0 Å². The lowest BCUT2D eigenvalue weighted by molar-refractivity contribution is -0.123. The molecular weight excluding hydrogens is 312 g/mol. The van der Waals surface area contributed by atoms with E-state index in [9.17, 15) is 13.2 Å². The summed E-state index contributed by atoms with van der Waals surface area (Å²) in [5.41, 5.74) is 2.27. The van der Waals surface area contributed by atoms with Crippen LogP contribution in [0.1, 0.15) is 37.7 Å². The van der Waals surface area contributed by atoms with Crippen molar-refractivity contribution in [2.24, 2.45) is 5.92 Å². The highest BCUT2D eigenvalue weighted by molar-refractivity contribution is 7.88. The van der Waals surface area contributed by atoms with Gasteiger partial charge in [0.15, 0.2) is 0 Å². The largest absolute Gasteiger partial charge is 0.312 e. The molecule has 1 saturated heterocycles. The third-order valence-electron chi connectivity index (χ3n) is 5.08. The van der Waals surface area contributed by atoms with Gasteiger partial charge in [0.05, 0.1) is 6.26 Å². The van der Waals surface area contributed by atoms with Crippen LogP contribution in [0.4, 0.5) is 5.69 Å². The summed E-state index contributed by atoms with van der Waals surface area (Å²) in [4.78, 5) is 14.8. The van der Waals surface area contributed by atoms with Crippen molar-refractivity contribution in [3.05, 3.63) is 29.8 Å². The molecule has 1 aromatic rings. The van der Waals surface area contributed by atoms with E-state index in [1.54, 1.807) is 0 Å². The summed E-state index contributed by atoms with van der Waals surface area (Å²) in [5, 5.41) is 0. The van der Waals surface area contributed by atoms with Crippen molar-refractivity contribution >= 4 is 21.6 Å². The molecule has 1 amide bonds. The number of hydrogen-bond acceptors (Lipinski definition) is 3. The van der Waals surface area contributed by atoms with Crippen molar-refractivity contribution in [2.75, 3.05) is 30.8 Å². The van der Waals surface area contributed by atoms with Gasteiger partial charge in [0.1, 0.15) is 0 Å². The molecule has 23 heavy (non-hydrogen) atoms. The van der Waals surface area contributed by atoms with Gasteiger partial charge in [-0.1, -0.05) is 25.1 Å². The second-order valence-corrected chi connectivity index (χ2v) is 8.66. The molecule has 6 heteroatoms. The first-order chi connectivity index (χ1) is 10.9. The van der Waals surface area contributed by atoms with E-state index in [0.717, 1.165) is 18.7 Å². The monoisotopic (exact) mass is 336 g/mol. The van der Waals surface area contributed by atoms with Gasteiger partial charge in [-0.2, -0.15) is 0 Å². The molecule has 0 aromatic heterocycles. The molecule has 1 aromatic carbocycles. The number of benzene rings is 1. The van der Waals surface area contributed by atoms with E-state index < -0.39 is 10.0 Å². The van der Waals surface area contributed by atoms with Gasteiger partial charge in [-0.15, -0.1) is 0 Å². The van der Waals surface area contributed by atoms with Crippen LogP contribution in [-0.4, -0.2) is 44.5 Å². The Morgan fingerprint density at radius 3 is 2.39 bits per heavy atom. The second kappa shape index (κ2) is 6.24. The Kier molecular flexibility index (Phi) is 4.47. The Hall–Kier alpha value is -1.40. The predicted octanol–water partition coefficient (Wildman–Crippen LogP) is 2.20. The molecule has 0 N–H and O–H groups in total. The smallest absolute Gasteiger partial charge is 0.230 e. The summed E-state index contributed by atoms with van der Waals surface area (Å²) in [6.45, 7) is 3.84. The Morgan fingerprint density at radius 2 is 1.74 bits per heavy atom. The molecule has 0 unspecified atom stereocenters. The first kappa shape index (κ1) is 16.5. The number of carbonyl (C=O) groups excluding carboxylic acids is 1. The van der Waals surface area contributed by atoms with Crippen LogP contribution in [0, 0.1) is 5.92 Å². The van der Waals surface area contributed by atoms with Crippen LogP contribution in [0.2, 0.25) is 0 Å². The fourth-order valence-electron chi connectivity index (χ4n) is 3.63. The maximum Gasteiger partial charge on any atom is 0.230 e. The number of para-hydroxylation sites is 1. The summed E-state index contributed by atoms with van der Waals surface area (Å²) in [5.74, 6) is 0.550. The number of fused-ring (bicyclic) bond motifs is 1. The minimum absolute atomic E-state index is 0.0746. The molecule has 0 aliphatic carbocycles. The van der Waals surface area contributed by atoms with Gasteiger partial charge >= 0.3 is 0 Å². The third kappa shape index (κ3) is 3.28. The van der Waals surface area contributed by atoms with Crippen molar-refractivity contribution in [1.29, 1.82) is 0 Å². The van der Waals surface area contributed by atoms with E-state index in [2.05, 4.69) is 13.0 Å². The van der Waals surface area contributed by atoms with Crippen molar-refractivity contribution < 1.29 is 13.2 Å². The van der Waals surface area contributed by atoms with Crippen molar-refractivity contribution in [3.8, 4) is 0 Å². The number of hydrogen-bond donors (Lipinski definition) is 0. The summed E-state index contributed by atoms with van der Waals surface area (Å²) < 4.78 is 24.7. The van der Waals surface area contributed by atoms with E-state index in [-0.39, 0.29) is 11.8 Å². The molecular formula is C17H24N2O3S. The average Bonchev–Trinajstić information content (AvgIpc) is 2.54. The molecule has 0 saturated carbocycles. The number of rotatable bonds is 2. The van der Waals surface area contributed by atoms with E-state index in [1.807, 2.05) is 23.1 Å². The first-order valence-corrected chi connectivity index (χ1v) is 10.1. The van der Waals surface area contributed by atoms with Crippen LogP contribution in [0.3, 0.4) is 0 Å². The fourth-order valence-corrected chi connectivity index (χ4v) is 4.51. The minimum Gasteiger partial charge on any atom is -0.312 e. The van der Waals surface area contributed by atoms with Crippen LogP contribution in [-0.2, 0) is 14.8 Å². The Bertz CT molecular complexity index is 694. The lowest BCUT2D eigenvalue weighted by Crippen LogP contribution is -2.45. The van der Waals surface area contributed by atoms with Gasteiger partial charge in [-0.3, -0.25) is 4.79 Å². The fraction of sp³-hybridized carbons (Fsp3) is 0.588. The molecule has 0 spiro atoms. The average molecular weight is 336 g/mol. The highest BCUT2D eigenvalue weighted by Gasteiger charge is 2.34. The number of nitrogens with zero attached hydrogens (tertiary/aromatic N) is 2. The Morgan fingerprint density at radius 1 is 1.09 bits per heavy atom. The molecule has 2 aliphatic rings. The normalized spacial score (nSPS) is 23.6. The van der Waals surface area contributed by atoms with Gasteiger partial charge in [0.25, 0.3) is 0 Å². The number of carbonyl (C=O) groups is 1. The zero-order chi connectivity index (χ0) is 16.6. The molecule has 2 aliphatic heterocycles. The van der Waals surface area contributed by atoms with E-state index in [0.29, 0.717) is 31.8 Å². The third-order valence-corrected chi connectivity index (χ3v) is 6.39. The van der Waals surface area contributed by atoms with Gasteiger partial charge in [-0.05, 0) is 36.8 Å². The predicted molar refractivity (Wildman–Crippen MR) is 91.0 cm³/mol. The van der Waals surface area contributed by atoms with Crippen molar-refractivity contribution in [2.45, 2.75) is 32.1 Å². The highest BCUT2D eigenvalue weighted by Crippen LogP contribution is 2.36. The maximum atomic E-state index is 12.9. The maximum absolute atomic E-state index is 12.9. The minimum atomic E-state index is -3.15. The Labute approximate surface area is 138 Å². The molecule has 1 atom stereocenters. The number of sulfonamides is 1. The summed E-state index contributed by atoms with van der Waals surface area (Å²) in [6.07, 6.45) is 3.43. The van der Waals surface area contributed by atoms with Gasteiger partial charge < -0.3 is 4.90 Å². The Balaban J connectivity index is 1.74. The SMILES string of the molecule is C[C@H]1CCN(C(=O)C2CCN(S(C)(=O)=O)CC2)c2ccccc21. The summed E-state index contributed by atoms with van der Waals surface area (Å²) in [6, 6.07) is 8.12. The topological polar surface area (TPSA) is 57.7 Å². The quantitative estimate of drug-likeness (QED) is 0.832. The van der Waals surface area contributed by atoms with Crippen LogP contribution in [0.15, 0.2) is 24.3 Å². The number of anilines is 1. The number of piperidine rings is 1. The van der Waals surface area contributed by atoms with E-state index >= 15 is 0 Å².